The van der Waals surface area contributed by atoms with Crippen molar-refractivity contribution < 1.29 is 39.6 Å². The molecule has 0 radical (unpaired) electrons. The molecule has 0 unspecified atom stereocenters. The molecule has 10 nitrogen and oxygen atoms in total. The highest BCUT2D eigenvalue weighted by Gasteiger charge is 2.28. The Morgan fingerprint density at radius 2 is 0.941 bits per heavy atom. The van der Waals surface area contributed by atoms with Crippen LogP contribution in [0.5, 0.6) is 0 Å². The molecular formula is C6H9N2O8P. The van der Waals surface area contributed by atoms with Crippen LogP contribution in [0.4, 0.5) is 0 Å². The maximum atomic E-state index is 10.4. The van der Waals surface area contributed by atoms with E-state index in [9.17, 15) is 19.2 Å². The van der Waals surface area contributed by atoms with Gasteiger partial charge in [0.25, 0.3) is 0 Å². The Hall–Kier alpha value is -1.77. The molecule has 0 saturated carbocycles. The van der Waals surface area contributed by atoms with Crippen LogP contribution in [0, 0.1) is 0 Å². The number of carbonyl (C=O) groups is 4. The molecule has 0 aromatic heterocycles. The molecule has 11 heteroatoms. The highest BCUT2D eigenvalue weighted by atomic mass is 31.1. The Kier molecular flexibility index (Phi) is 6.03. The molecule has 0 spiro atoms. The summed E-state index contributed by atoms with van der Waals surface area (Å²) in [6.45, 7) is 0. The highest BCUT2D eigenvalue weighted by Crippen LogP contribution is 2.03. The summed E-state index contributed by atoms with van der Waals surface area (Å²) in [6, 6.07) is -3.88. The van der Waals surface area contributed by atoms with Crippen LogP contribution in [-0.4, -0.2) is 56.4 Å². The lowest BCUT2D eigenvalue weighted by Crippen LogP contribution is -2.44. The van der Waals surface area contributed by atoms with Crippen LogP contribution in [0.25, 0.3) is 0 Å². The first-order chi connectivity index (χ1) is 7.77. The minimum Gasteiger partial charge on any atom is -0.480 e. The van der Waals surface area contributed by atoms with Crippen LogP contribution >= 0.6 is 8.88 Å². The number of nitrogens with one attached hydrogen (secondary N) is 2. The van der Waals surface area contributed by atoms with Crippen molar-refractivity contribution in [1.82, 2.24) is 10.2 Å². The van der Waals surface area contributed by atoms with E-state index in [0.29, 0.717) is 0 Å². The summed E-state index contributed by atoms with van der Waals surface area (Å²) in [5, 5.41) is 37.6. The topological polar surface area (TPSA) is 173 Å². The van der Waals surface area contributed by atoms with Gasteiger partial charge in [-0.05, 0) is 0 Å². The molecule has 0 heterocycles. The number of carboxylic acids is 4. The Morgan fingerprint density at radius 1 is 0.706 bits per heavy atom. The smallest absolute Gasteiger partial charge is 0.332 e. The third kappa shape index (κ3) is 5.20. The molecule has 0 saturated heterocycles. The largest absolute Gasteiger partial charge is 0.480 e. The number of rotatable bonds is 8. The summed E-state index contributed by atoms with van der Waals surface area (Å²) >= 11 is 0. The molecule has 0 aliphatic heterocycles. The van der Waals surface area contributed by atoms with E-state index >= 15 is 0 Å². The second-order valence-electron chi connectivity index (χ2n) is 2.63. The minimum atomic E-state index is -1.94. The van der Waals surface area contributed by atoms with Gasteiger partial charge in [0.2, 0.25) is 12.1 Å². The minimum absolute atomic E-state index is 0.859. The fourth-order valence-electron chi connectivity index (χ4n) is 0.644. The third-order valence-electron chi connectivity index (χ3n) is 1.42. The Bertz CT molecular complexity index is 285. The Morgan fingerprint density at radius 3 is 1.12 bits per heavy atom. The first-order valence-corrected chi connectivity index (χ1v) is 4.94. The summed E-state index contributed by atoms with van der Waals surface area (Å²) in [7, 11) is -0.859. The van der Waals surface area contributed by atoms with Crippen LogP contribution in [0.2, 0.25) is 0 Å². The van der Waals surface area contributed by atoms with Gasteiger partial charge in [-0.2, -0.15) is 0 Å². The molecule has 17 heavy (non-hydrogen) atoms. The quantitative estimate of drug-likeness (QED) is 0.208. The molecule has 0 aliphatic rings. The molecular weight excluding hydrogens is 259 g/mol. The van der Waals surface area contributed by atoms with E-state index in [2.05, 4.69) is 0 Å². The van der Waals surface area contributed by atoms with Gasteiger partial charge < -0.3 is 20.4 Å². The Balaban J connectivity index is 4.29. The number of hydrogen-bond donors (Lipinski definition) is 6. The van der Waals surface area contributed by atoms with Crippen molar-refractivity contribution in [3.8, 4) is 0 Å². The molecule has 0 aromatic rings. The fourth-order valence-corrected chi connectivity index (χ4v) is 1.51. The molecule has 0 atom stereocenters. The highest BCUT2D eigenvalue weighted by molar-refractivity contribution is 7.33. The van der Waals surface area contributed by atoms with Gasteiger partial charge in [0.05, 0.1) is 0 Å². The lowest BCUT2D eigenvalue weighted by Gasteiger charge is -2.13. The van der Waals surface area contributed by atoms with Crippen molar-refractivity contribution in [3.05, 3.63) is 0 Å². The molecule has 6 N–H and O–H groups in total. The first-order valence-electron chi connectivity index (χ1n) is 3.94. The van der Waals surface area contributed by atoms with Gasteiger partial charge in [0, 0.05) is 8.88 Å². The zero-order valence-electron chi connectivity index (χ0n) is 8.08. The maximum Gasteiger partial charge on any atom is 0.332 e. The molecule has 0 rings (SSSR count). The summed E-state index contributed by atoms with van der Waals surface area (Å²) < 4.78 is 0. The predicted octanol–water partition coefficient (Wildman–Crippen LogP) is -2.25. The van der Waals surface area contributed by atoms with Crippen LogP contribution in [-0.2, 0) is 19.2 Å². The lowest BCUT2D eigenvalue weighted by molar-refractivity contribution is -0.151. The van der Waals surface area contributed by atoms with Gasteiger partial charge in [-0.3, -0.25) is 10.2 Å². The number of aliphatic carboxylic acids is 4. The molecule has 0 aliphatic carbocycles. The van der Waals surface area contributed by atoms with E-state index in [1.165, 1.54) is 0 Å². The second kappa shape index (κ2) is 6.74. The van der Waals surface area contributed by atoms with E-state index in [-0.39, 0.29) is 0 Å². The summed E-state index contributed by atoms with van der Waals surface area (Å²) in [6.07, 6.45) is 0. The van der Waals surface area contributed by atoms with Gasteiger partial charge in [-0.1, -0.05) is 0 Å². The molecule has 0 amide bonds. The third-order valence-corrected chi connectivity index (χ3v) is 2.29. The SMILES string of the molecule is O=C(O)C(NPNC(C(=O)O)C(=O)O)C(=O)O. The van der Waals surface area contributed by atoms with Crippen molar-refractivity contribution >= 4 is 32.8 Å². The van der Waals surface area contributed by atoms with E-state index in [1.807, 2.05) is 10.2 Å². The van der Waals surface area contributed by atoms with Crippen molar-refractivity contribution in [2.75, 3.05) is 0 Å². The van der Waals surface area contributed by atoms with E-state index in [0.717, 1.165) is 0 Å². The van der Waals surface area contributed by atoms with E-state index in [4.69, 9.17) is 20.4 Å². The zero-order chi connectivity index (χ0) is 13.6. The second-order valence-corrected chi connectivity index (χ2v) is 3.46. The van der Waals surface area contributed by atoms with Gasteiger partial charge in [-0.25, -0.2) is 19.2 Å². The average Bonchev–Trinajstić information content (AvgIpc) is 2.14. The number of carboxylic acid groups (broad SMARTS) is 4. The lowest BCUT2D eigenvalue weighted by atomic mass is 10.3. The van der Waals surface area contributed by atoms with E-state index in [1.54, 1.807) is 0 Å². The van der Waals surface area contributed by atoms with Crippen LogP contribution in [0.3, 0.4) is 0 Å². The fraction of sp³-hybridized carbons (Fsp3) is 0.333. The van der Waals surface area contributed by atoms with Gasteiger partial charge >= 0.3 is 23.9 Å². The predicted molar refractivity (Wildman–Crippen MR) is 52.7 cm³/mol. The standard InChI is InChI=1S/C6H9N2O8P/c9-3(10)1(4(11)12)7-17-8-2(5(13)14)6(15)16/h1-2,7-8,17H,(H,9,10)(H,11,12)(H,13,14)(H,15,16). The normalized spacial score (nSPS) is 10.5. The van der Waals surface area contributed by atoms with E-state index < -0.39 is 44.8 Å². The van der Waals surface area contributed by atoms with Crippen molar-refractivity contribution in [2.45, 2.75) is 12.1 Å². The van der Waals surface area contributed by atoms with Crippen LogP contribution in [0.1, 0.15) is 0 Å². The van der Waals surface area contributed by atoms with Gasteiger partial charge in [0.15, 0.2) is 0 Å². The first kappa shape index (κ1) is 15.2. The van der Waals surface area contributed by atoms with Crippen molar-refractivity contribution in [1.29, 1.82) is 0 Å². The Labute approximate surface area is 95.5 Å². The van der Waals surface area contributed by atoms with Crippen LogP contribution < -0.4 is 10.2 Å². The number of hydrogen-bond acceptors (Lipinski definition) is 6. The molecule has 96 valence electrons. The molecule has 0 fully saturated rings. The summed E-state index contributed by atoms with van der Waals surface area (Å²) in [4.78, 5) is 41.5. The van der Waals surface area contributed by atoms with Crippen molar-refractivity contribution in [3.63, 3.8) is 0 Å². The summed E-state index contributed by atoms with van der Waals surface area (Å²) in [5.74, 6) is -6.69. The molecule has 0 aromatic carbocycles. The molecule has 0 bridgehead atoms. The summed E-state index contributed by atoms with van der Waals surface area (Å²) in [5.41, 5.74) is 0. The maximum absolute atomic E-state index is 10.4. The van der Waals surface area contributed by atoms with Crippen molar-refractivity contribution in [2.24, 2.45) is 0 Å². The average molecular weight is 268 g/mol. The zero-order valence-corrected chi connectivity index (χ0v) is 9.08. The monoisotopic (exact) mass is 268 g/mol. The van der Waals surface area contributed by atoms with Gasteiger partial charge in [0.1, 0.15) is 0 Å². The van der Waals surface area contributed by atoms with Crippen LogP contribution in [0.15, 0.2) is 0 Å². The van der Waals surface area contributed by atoms with Gasteiger partial charge in [-0.15, -0.1) is 0 Å².